The van der Waals surface area contributed by atoms with Gasteiger partial charge in [0.2, 0.25) is 0 Å². The molecule has 1 fully saturated rings. The standard InChI is InChI=1S/C18H29N/c1-6-16-10-18(11-16,12-19-13(2)3)17-8-14(4)7-15(5)9-17/h7-9,13,16,19H,6,10-12H2,1-5H3. The Morgan fingerprint density at radius 2 is 1.74 bits per heavy atom. The van der Waals surface area contributed by atoms with Gasteiger partial charge in [0.05, 0.1) is 0 Å². The maximum absolute atomic E-state index is 3.67. The van der Waals surface area contributed by atoms with E-state index in [0.717, 1.165) is 12.5 Å². The van der Waals surface area contributed by atoms with E-state index in [4.69, 9.17) is 0 Å². The molecule has 2 rings (SSSR count). The molecule has 0 bridgehead atoms. The van der Waals surface area contributed by atoms with Gasteiger partial charge in [0.1, 0.15) is 0 Å². The number of aryl methyl sites for hydroxylation is 2. The second-order valence-electron chi connectivity index (χ2n) is 6.87. The summed E-state index contributed by atoms with van der Waals surface area (Å²) in [4.78, 5) is 0. The molecule has 1 saturated carbocycles. The largest absolute Gasteiger partial charge is 0.314 e. The molecule has 1 nitrogen and oxygen atoms in total. The van der Waals surface area contributed by atoms with E-state index in [9.17, 15) is 0 Å². The summed E-state index contributed by atoms with van der Waals surface area (Å²) in [5.74, 6) is 0.926. The number of nitrogens with one attached hydrogen (secondary N) is 1. The first-order chi connectivity index (χ1) is 8.95. The van der Waals surface area contributed by atoms with Crippen molar-refractivity contribution in [3.05, 3.63) is 34.9 Å². The molecule has 0 aromatic heterocycles. The molecule has 0 heterocycles. The van der Waals surface area contributed by atoms with E-state index in [0.29, 0.717) is 11.5 Å². The quantitative estimate of drug-likeness (QED) is 0.828. The fourth-order valence-corrected chi connectivity index (χ4v) is 3.50. The Morgan fingerprint density at radius 1 is 1.16 bits per heavy atom. The average Bonchev–Trinajstić information content (AvgIpc) is 2.26. The van der Waals surface area contributed by atoms with Gasteiger partial charge in [-0.1, -0.05) is 56.5 Å². The molecule has 0 atom stereocenters. The van der Waals surface area contributed by atoms with Gasteiger partial charge in [0, 0.05) is 18.0 Å². The van der Waals surface area contributed by atoms with Gasteiger partial charge in [-0.05, 0) is 38.2 Å². The summed E-state index contributed by atoms with van der Waals surface area (Å²) in [7, 11) is 0. The van der Waals surface area contributed by atoms with Crippen LogP contribution in [0.15, 0.2) is 18.2 Å². The summed E-state index contributed by atoms with van der Waals surface area (Å²) >= 11 is 0. The third kappa shape index (κ3) is 3.20. The van der Waals surface area contributed by atoms with Gasteiger partial charge in [-0.3, -0.25) is 0 Å². The van der Waals surface area contributed by atoms with E-state index in [2.05, 4.69) is 58.1 Å². The van der Waals surface area contributed by atoms with Crippen molar-refractivity contribution in [1.29, 1.82) is 0 Å². The highest BCUT2D eigenvalue weighted by atomic mass is 14.9. The predicted molar refractivity (Wildman–Crippen MR) is 83.7 cm³/mol. The van der Waals surface area contributed by atoms with E-state index < -0.39 is 0 Å². The minimum Gasteiger partial charge on any atom is -0.314 e. The lowest BCUT2D eigenvalue weighted by atomic mass is 9.57. The lowest BCUT2D eigenvalue weighted by Gasteiger charge is -2.49. The Labute approximate surface area is 118 Å². The summed E-state index contributed by atoms with van der Waals surface area (Å²) in [5.41, 5.74) is 4.75. The molecule has 1 aliphatic carbocycles. The molecule has 19 heavy (non-hydrogen) atoms. The van der Waals surface area contributed by atoms with Gasteiger partial charge in [-0.2, -0.15) is 0 Å². The van der Waals surface area contributed by atoms with Gasteiger partial charge in [0.15, 0.2) is 0 Å². The minimum atomic E-state index is 0.391. The van der Waals surface area contributed by atoms with Crippen LogP contribution in [0.1, 0.15) is 56.7 Å². The van der Waals surface area contributed by atoms with Crippen molar-refractivity contribution in [3.8, 4) is 0 Å². The summed E-state index contributed by atoms with van der Waals surface area (Å²) < 4.78 is 0. The fourth-order valence-electron chi connectivity index (χ4n) is 3.50. The molecule has 1 heteroatoms. The molecule has 1 N–H and O–H groups in total. The average molecular weight is 259 g/mol. The zero-order chi connectivity index (χ0) is 14.0. The van der Waals surface area contributed by atoms with E-state index in [1.807, 2.05) is 0 Å². The first kappa shape index (κ1) is 14.6. The van der Waals surface area contributed by atoms with Gasteiger partial charge < -0.3 is 5.32 Å². The topological polar surface area (TPSA) is 12.0 Å². The van der Waals surface area contributed by atoms with Gasteiger partial charge in [-0.25, -0.2) is 0 Å². The number of rotatable bonds is 5. The number of benzene rings is 1. The van der Waals surface area contributed by atoms with E-state index in [1.165, 1.54) is 30.4 Å². The monoisotopic (exact) mass is 259 g/mol. The number of hydrogen-bond acceptors (Lipinski definition) is 1. The predicted octanol–water partition coefficient (Wildman–Crippen LogP) is 4.36. The SMILES string of the molecule is CCC1CC(CNC(C)C)(c2cc(C)cc(C)c2)C1. The van der Waals surface area contributed by atoms with Crippen LogP contribution < -0.4 is 5.32 Å². The molecular formula is C18H29N. The van der Waals surface area contributed by atoms with Crippen LogP contribution in [-0.2, 0) is 5.41 Å². The third-order valence-corrected chi connectivity index (χ3v) is 4.62. The molecule has 106 valence electrons. The maximum atomic E-state index is 3.67. The van der Waals surface area contributed by atoms with Gasteiger partial charge >= 0.3 is 0 Å². The summed E-state index contributed by atoms with van der Waals surface area (Å²) in [6, 6.07) is 7.66. The van der Waals surface area contributed by atoms with Crippen molar-refractivity contribution in [2.45, 2.75) is 65.3 Å². The van der Waals surface area contributed by atoms with Crippen LogP contribution in [-0.4, -0.2) is 12.6 Å². The van der Waals surface area contributed by atoms with Crippen LogP contribution in [0.25, 0.3) is 0 Å². The molecule has 0 aliphatic heterocycles. The molecule has 1 aromatic rings. The molecule has 0 spiro atoms. The van der Waals surface area contributed by atoms with Crippen molar-refractivity contribution >= 4 is 0 Å². The fraction of sp³-hybridized carbons (Fsp3) is 0.667. The van der Waals surface area contributed by atoms with Crippen LogP contribution in [0.2, 0.25) is 0 Å². The molecule has 1 aromatic carbocycles. The van der Waals surface area contributed by atoms with Crippen molar-refractivity contribution in [3.63, 3.8) is 0 Å². The van der Waals surface area contributed by atoms with Crippen LogP contribution in [0.3, 0.4) is 0 Å². The Bertz CT molecular complexity index is 407. The normalized spacial score (nSPS) is 26.5. The van der Waals surface area contributed by atoms with Crippen LogP contribution >= 0.6 is 0 Å². The second-order valence-corrected chi connectivity index (χ2v) is 6.87. The van der Waals surface area contributed by atoms with Crippen molar-refractivity contribution in [2.75, 3.05) is 6.54 Å². The molecule has 0 unspecified atom stereocenters. The van der Waals surface area contributed by atoms with E-state index in [1.54, 1.807) is 5.56 Å². The first-order valence-corrected chi connectivity index (χ1v) is 7.77. The van der Waals surface area contributed by atoms with Gasteiger partial charge in [0.25, 0.3) is 0 Å². The second kappa shape index (κ2) is 5.66. The Hall–Kier alpha value is -0.820. The Kier molecular flexibility index (Phi) is 4.35. The van der Waals surface area contributed by atoms with Crippen molar-refractivity contribution in [2.24, 2.45) is 5.92 Å². The molecular weight excluding hydrogens is 230 g/mol. The van der Waals surface area contributed by atoms with Crippen molar-refractivity contribution in [1.82, 2.24) is 5.32 Å². The highest BCUT2D eigenvalue weighted by Crippen LogP contribution is 2.49. The minimum absolute atomic E-state index is 0.391. The van der Waals surface area contributed by atoms with E-state index in [-0.39, 0.29) is 0 Å². The molecule has 1 aliphatic rings. The Balaban J connectivity index is 2.22. The summed E-state index contributed by atoms with van der Waals surface area (Å²) in [5, 5.41) is 3.67. The zero-order valence-electron chi connectivity index (χ0n) is 13.2. The van der Waals surface area contributed by atoms with Crippen LogP contribution in [0.5, 0.6) is 0 Å². The first-order valence-electron chi connectivity index (χ1n) is 7.77. The van der Waals surface area contributed by atoms with Crippen molar-refractivity contribution < 1.29 is 0 Å². The highest BCUT2D eigenvalue weighted by molar-refractivity contribution is 5.36. The Morgan fingerprint density at radius 3 is 2.21 bits per heavy atom. The molecule has 0 saturated heterocycles. The van der Waals surface area contributed by atoms with E-state index >= 15 is 0 Å². The summed E-state index contributed by atoms with van der Waals surface area (Å²) in [6.07, 6.45) is 4.03. The zero-order valence-corrected chi connectivity index (χ0v) is 13.2. The van der Waals surface area contributed by atoms with Crippen LogP contribution in [0.4, 0.5) is 0 Å². The molecule has 0 radical (unpaired) electrons. The molecule has 0 amide bonds. The summed E-state index contributed by atoms with van der Waals surface area (Å²) in [6.45, 7) is 12.4. The van der Waals surface area contributed by atoms with Crippen LogP contribution in [0, 0.1) is 19.8 Å². The highest BCUT2D eigenvalue weighted by Gasteiger charge is 2.44. The smallest absolute Gasteiger partial charge is 0.00833 e. The maximum Gasteiger partial charge on any atom is 0.00833 e. The van der Waals surface area contributed by atoms with Gasteiger partial charge in [-0.15, -0.1) is 0 Å². The third-order valence-electron chi connectivity index (χ3n) is 4.62. The lowest BCUT2D eigenvalue weighted by Crippen LogP contribution is -2.49. The number of hydrogen-bond donors (Lipinski definition) is 1. The lowest BCUT2D eigenvalue weighted by molar-refractivity contribution is 0.131.